The second-order valence-electron chi connectivity index (χ2n) is 5.84. The molecule has 1 atom stereocenters. The van der Waals surface area contributed by atoms with E-state index in [1.54, 1.807) is 18.7 Å². The highest BCUT2D eigenvalue weighted by Gasteiger charge is 2.24. The second-order valence-corrected chi connectivity index (χ2v) is 5.84. The van der Waals surface area contributed by atoms with Crippen LogP contribution in [0.25, 0.3) is 0 Å². The van der Waals surface area contributed by atoms with Crippen molar-refractivity contribution in [1.82, 2.24) is 4.90 Å². The Bertz CT molecular complexity index is 231. The zero-order chi connectivity index (χ0) is 13.6. The summed E-state index contributed by atoms with van der Waals surface area (Å²) in [7, 11) is 0. The van der Waals surface area contributed by atoms with E-state index >= 15 is 0 Å². The van der Waals surface area contributed by atoms with Crippen molar-refractivity contribution >= 4 is 5.91 Å². The number of likely N-dealkylation sites (N-methyl/N-ethyl adjacent to an activating group) is 1. The lowest BCUT2D eigenvalue weighted by molar-refractivity contribution is -0.135. The van der Waals surface area contributed by atoms with E-state index in [-0.39, 0.29) is 5.91 Å². The maximum Gasteiger partial charge on any atom is 0.222 e. The smallest absolute Gasteiger partial charge is 0.222 e. The average molecular weight is 243 g/mol. The van der Waals surface area contributed by atoms with Gasteiger partial charge in [0.1, 0.15) is 0 Å². The summed E-state index contributed by atoms with van der Waals surface area (Å²) in [5, 5.41) is 9.77. The van der Waals surface area contributed by atoms with Crippen LogP contribution in [-0.4, -0.2) is 34.6 Å². The van der Waals surface area contributed by atoms with Crippen molar-refractivity contribution in [3.05, 3.63) is 0 Å². The minimum Gasteiger partial charge on any atom is -0.389 e. The quantitative estimate of drug-likeness (QED) is 0.747. The lowest BCUT2D eigenvalue weighted by Gasteiger charge is -2.30. The summed E-state index contributed by atoms with van der Waals surface area (Å²) in [4.78, 5) is 13.9. The summed E-state index contributed by atoms with van der Waals surface area (Å²) in [6, 6.07) is 0. The van der Waals surface area contributed by atoms with E-state index in [0.717, 1.165) is 6.42 Å². The van der Waals surface area contributed by atoms with Gasteiger partial charge in [0.25, 0.3) is 0 Å². The van der Waals surface area contributed by atoms with E-state index < -0.39 is 5.60 Å². The Morgan fingerprint density at radius 2 is 1.82 bits per heavy atom. The SMILES string of the molecule is CCC(CC(=O)N(CC)CC(C)(C)O)C(C)C. The van der Waals surface area contributed by atoms with Gasteiger partial charge in [-0.05, 0) is 32.6 Å². The molecule has 0 fully saturated rings. The maximum absolute atomic E-state index is 12.1. The van der Waals surface area contributed by atoms with Crippen molar-refractivity contribution in [1.29, 1.82) is 0 Å². The fourth-order valence-electron chi connectivity index (χ4n) is 2.05. The van der Waals surface area contributed by atoms with Gasteiger partial charge in [0.2, 0.25) is 5.91 Å². The molecule has 0 aromatic carbocycles. The third-order valence-electron chi connectivity index (χ3n) is 3.22. The summed E-state index contributed by atoms with van der Waals surface area (Å²) in [6.07, 6.45) is 1.63. The molecule has 3 nitrogen and oxygen atoms in total. The number of aliphatic hydroxyl groups is 1. The third-order valence-corrected chi connectivity index (χ3v) is 3.22. The standard InChI is InChI=1S/C14H29NO2/c1-7-12(11(3)4)9-13(16)15(8-2)10-14(5,6)17/h11-12,17H,7-10H2,1-6H3. The van der Waals surface area contributed by atoms with Gasteiger partial charge in [0, 0.05) is 19.5 Å². The fraction of sp³-hybridized carbons (Fsp3) is 0.929. The van der Waals surface area contributed by atoms with Crippen molar-refractivity contribution in [3.8, 4) is 0 Å². The lowest BCUT2D eigenvalue weighted by Crippen LogP contribution is -2.42. The van der Waals surface area contributed by atoms with E-state index in [4.69, 9.17) is 0 Å². The van der Waals surface area contributed by atoms with Crippen molar-refractivity contribution < 1.29 is 9.90 Å². The highest BCUT2D eigenvalue weighted by Crippen LogP contribution is 2.20. The van der Waals surface area contributed by atoms with Crippen molar-refractivity contribution in [2.45, 2.75) is 60.0 Å². The molecule has 0 aliphatic heterocycles. The van der Waals surface area contributed by atoms with Crippen LogP contribution in [0.2, 0.25) is 0 Å². The Morgan fingerprint density at radius 1 is 1.29 bits per heavy atom. The maximum atomic E-state index is 12.1. The summed E-state index contributed by atoms with van der Waals surface area (Å²) >= 11 is 0. The molecule has 0 bridgehead atoms. The Hall–Kier alpha value is -0.570. The topological polar surface area (TPSA) is 40.5 Å². The molecule has 0 aliphatic rings. The van der Waals surface area contributed by atoms with Crippen LogP contribution in [0.4, 0.5) is 0 Å². The minimum atomic E-state index is -0.814. The van der Waals surface area contributed by atoms with Crippen molar-refractivity contribution in [2.24, 2.45) is 11.8 Å². The fourth-order valence-corrected chi connectivity index (χ4v) is 2.05. The normalized spacial score (nSPS) is 13.9. The van der Waals surface area contributed by atoms with Crippen LogP contribution < -0.4 is 0 Å². The predicted octanol–water partition coefficient (Wildman–Crippen LogP) is 2.68. The van der Waals surface area contributed by atoms with Gasteiger partial charge in [0.05, 0.1) is 5.60 Å². The molecule has 0 saturated carbocycles. The first-order valence-electron chi connectivity index (χ1n) is 6.71. The molecule has 0 spiro atoms. The van der Waals surface area contributed by atoms with Crippen LogP contribution in [0.1, 0.15) is 54.4 Å². The first-order valence-corrected chi connectivity index (χ1v) is 6.71. The van der Waals surface area contributed by atoms with E-state index in [1.165, 1.54) is 0 Å². The molecule has 0 saturated heterocycles. The first kappa shape index (κ1) is 16.4. The van der Waals surface area contributed by atoms with Gasteiger partial charge < -0.3 is 10.0 Å². The predicted molar refractivity (Wildman–Crippen MR) is 71.8 cm³/mol. The number of carbonyl (C=O) groups excluding carboxylic acids is 1. The summed E-state index contributed by atoms with van der Waals surface area (Å²) in [5.41, 5.74) is -0.814. The monoisotopic (exact) mass is 243 g/mol. The van der Waals surface area contributed by atoms with Gasteiger partial charge in [0.15, 0.2) is 0 Å². The van der Waals surface area contributed by atoms with Gasteiger partial charge in [-0.2, -0.15) is 0 Å². The van der Waals surface area contributed by atoms with E-state index in [9.17, 15) is 9.90 Å². The molecular formula is C14H29NO2. The molecule has 102 valence electrons. The third kappa shape index (κ3) is 6.67. The molecule has 0 aromatic rings. The van der Waals surface area contributed by atoms with Crippen LogP contribution in [0.3, 0.4) is 0 Å². The minimum absolute atomic E-state index is 0.162. The van der Waals surface area contributed by atoms with Gasteiger partial charge in [-0.15, -0.1) is 0 Å². The zero-order valence-electron chi connectivity index (χ0n) is 12.3. The van der Waals surface area contributed by atoms with Gasteiger partial charge in [-0.25, -0.2) is 0 Å². The Labute approximate surface area is 106 Å². The van der Waals surface area contributed by atoms with Crippen LogP contribution >= 0.6 is 0 Å². The van der Waals surface area contributed by atoms with Crippen LogP contribution in [0.5, 0.6) is 0 Å². The molecule has 0 rings (SSSR count). The highest BCUT2D eigenvalue weighted by atomic mass is 16.3. The molecule has 1 amide bonds. The van der Waals surface area contributed by atoms with Crippen LogP contribution in [-0.2, 0) is 4.79 Å². The molecule has 1 unspecified atom stereocenters. The van der Waals surface area contributed by atoms with E-state index in [2.05, 4.69) is 20.8 Å². The van der Waals surface area contributed by atoms with Gasteiger partial charge >= 0.3 is 0 Å². The molecule has 1 N–H and O–H groups in total. The molecule has 3 heteroatoms. The zero-order valence-corrected chi connectivity index (χ0v) is 12.3. The highest BCUT2D eigenvalue weighted by molar-refractivity contribution is 5.76. The average Bonchev–Trinajstić information content (AvgIpc) is 2.20. The Morgan fingerprint density at radius 3 is 2.12 bits per heavy atom. The van der Waals surface area contributed by atoms with Crippen LogP contribution in [0, 0.1) is 11.8 Å². The number of carbonyl (C=O) groups is 1. The number of nitrogens with zero attached hydrogens (tertiary/aromatic N) is 1. The second kappa shape index (κ2) is 7.00. The number of hydrogen-bond acceptors (Lipinski definition) is 2. The van der Waals surface area contributed by atoms with Gasteiger partial charge in [-0.1, -0.05) is 27.2 Å². The Kier molecular flexibility index (Phi) is 6.76. The number of rotatable bonds is 7. The van der Waals surface area contributed by atoms with Crippen molar-refractivity contribution in [2.75, 3.05) is 13.1 Å². The van der Waals surface area contributed by atoms with Gasteiger partial charge in [-0.3, -0.25) is 4.79 Å². The van der Waals surface area contributed by atoms with Crippen molar-refractivity contribution in [3.63, 3.8) is 0 Å². The molecule has 0 aromatic heterocycles. The first-order chi connectivity index (χ1) is 7.71. The molecule has 0 aliphatic carbocycles. The van der Waals surface area contributed by atoms with Crippen LogP contribution in [0.15, 0.2) is 0 Å². The molecular weight excluding hydrogens is 214 g/mol. The van der Waals surface area contributed by atoms with E-state index in [1.807, 2.05) is 6.92 Å². The number of hydrogen-bond donors (Lipinski definition) is 1. The molecule has 17 heavy (non-hydrogen) atoms. The summed E-state index contributed by atoms with van der Waals surface area (Å²) in [6.45, 7) is 13.0. The molecule has 0 radical (unpaired) electrons. The Balaban J connectivity index is 4.44. The number of amides is 1. The summed E-state index contributed by atoms with van der Waals surface area (Å²) < 4.78 is 0. The largest absolute Gasteiger partial charge is 0.389 e. The van der Waals surface area contributed by atoms with E-state index in [0.29, 0.717) is 31.3 Å². The summed E-state index contributed by atoms with van der Waals surface area (Å²) in [5.74, 6) is 1.14. The molecule has 0 heterocycles. The lowest BCUT2D eigenvalue weighted by atomic mass is 9.89.